The predicted octanol–water partition coefficient (Wildman–Crippen LogP) is 11.6. The number of allylic oxidation sites excluding steroid dienone is 1. The maximum Gasteiger partial charge on any atom is 0.136 e. The number of hydrogen-bond donors (Lipinski definition) is 0. The van der Waals surface area contributed by atoms with Crippen LogP contribution in [-0.4, -0.2) is 19.5 Å². The van der Waals surface area contributed by atoms with Crippen LogP contribution < -0.4 is 0 Å². The van der Waals surface area contributed by atoms with Gasteiger partial charge in [-0.2, -0.15) is 0 Å². The van der Waals surface area contributed by atoms with Crippen LogP contribution in [0.15, 0.2) is 156 Å². The van der Waals surface area contributed by atoms with Gasteiger partial charge in [-0.1, -0.05) is 73.7 Å². The van der Waals surface area contributed by atoms with E-state index < -0.39 is 0 Å². The lowest BCUT2D eigenvalue weighted by molar-refractivity contribution is 0.669. The second-order valence-corrected chi connectivity index (χ2v) is 13.4. The largest absolute Gasteiger partial charge is 0.456 e. The number of pyridine rings is 3. The molecule has 0 amide bonds. The van der Waals surface area contributed by atoms with Crippen LogP contribution in [-0.2, 0) is 6.42 Å². The van der Waals surface area contributed by atoms with E-state index in [1.165, 1.54) is 33.4 Å². The minimum absolute atomic E-state index is 0.496. The van der Waals surface area contributed by atoms with E-state index >= 15 is 0 Å². The van der Waals surface area contributed by atoms with E-state index in [-0.39, 0.29) is 0 Å². The first kappa shape index (κ1) is 29.3. The minimum Gasteiger partial charge on any atom is -0.456 e. The van der Waals surface area contributed by atoms with Gasteiger partial charge < -0.3 is 8.98 Å². The normalized spacial score (nSPS) is 14.0. The zero-order valence-electron chi connectivity index (χ0n) is 28.0. The van der Waals surface area contributed by atoms with Crippen LogP contribution in [0.25, 0.3) is 89.6 Å². The Morgan fingerprint density at radius 1 is 0.608 bits per heavy atom. The van der Waals surface area contributed by atoms with E-state index in [4.69, 9.17) is 9.40 Å². The molecule has 0 radical (unpaired) electrons. The molecular formula is C46H32N4O. The number of hydrogen-bond acceptors (Lipinski definition) is 4. The number of fused-ring (bicyclic) bond motifs is 6. The first-order chi connectivity index (χ1) is 25.2. The Balaban J connectivity index is 1.15. The lowest BCUT2D eigenvalue weighted by atomic mass is 9.93. The van der Waals surface area contributed by atoms with E-state index in [0.717, 1.165) is 67.8 Å². The lowest BCUT2D eigenvalue weighted by Gasteiger charge is -2.17. The van der Waals surface area contributed by atoms with Gasteiger partial charge in [0.25, 0.3) is 0 Å². The first-order valence-electron chi connectivity index (χ1n) is 17.4. The highest BCUT2D eigenvalue weighted by molar-refractivity contribution is 6.13. The molecule has 242 valence electrons. The molecule has 0 bridgehead atoms. The van der Waals surface area contributed by atoms with Gasteiger partial charge in [-0.25, -0.2) is 4.98 Å². The summed E-state index contributed by atoms with van der Waals surface area (Å²) in [7, 11) is 0. The van der Waals surface area contributed by atoms with Crippen LogP contribution >= 0.6 is 0 Å². The molecule has 1 aliphatic carbocycles. The quantitative estimate of drug-likeness (QED) is 0.185. The van der Waals surface area contributed by atoms with E-state index in [2.05, 4.69) is 131 Å². The summed E-state index contributed by atoms with van der Waals surface area (Å²) >= 11 is 0. The van der Waals surface area contributed by atoms with Crippen molar-refractivity contribution in [1.82, 2.24) is 19.5 Å². The van der Waals surface area contributed by atoms with Crippen molar-refractivity contribution in [2.24, 2.45) is 5.92 Å². The smallest absolute Gasteiger partial charge is 0.136 e. The molecule has 0 fully saturated rings. The third-order valence-corrected chi connectivity index (χ3v) is 10.0. The van der Waals surface area contributed by atoms with Crippen LogP contribution in [0.3, 0.4) is 0 Å². The summed E-state index contributed by atoms with van der Waals surface area (Å²) in [4.78, 5) is 14.3. The molecule has 0 spiro atoms. The van der Waals surface area contributed by atoms with Gasteiger partial charge in [0.05, 0.1) is 28.3 Å². The second kappa shape index (κ2) is 11.8. The molecule has 5 nitrogen and oxygen atoms in total. The molecule has 0 saturated heterocycles. The van der Waals surface area contributed by atoms with Crippen molar-refractivity contribution in [3.63, 3.8) is 0 Å². The molecule has 0 saturated carbocycles. The SMILES string of the molecule is CC1C=Cc2c(n(-c3ccccc3)c3ccc(-c4ccc5oc6cccc(-c7cc(-c8ccccn8)nc(-c8ccccn8)c7)c6c5c4)cc23)C1. The Kier molecular flexibility index (Phi) is 6.78. The standard InChI is InChI=1S/C46H32N4O/c1-29-16-19-35-36-25-30(17-20-42(36)50(43(35)24-29)33-10-3-2-4-11-33)31-18-21-44-37(26-31)46-34(12-9-15-45(46)51-44)32-27-40(38-13-5-7-22-47-38)49-41(28-32)39-14-6-8-23-48-39/h2-23,25-29H,24H2,1H3. The van der Waals surface area contributed by atoms with E-state index in [1.807, 2.05) is 36.4 Å². The van der Waals surface area contributed by atoms with Crippen molar-refractivity contribution in [3.05, 3.63) is 163 Å². The zero-order valence-corrected chi connectivity index (χ0v) is 28.0. The first-order valence-corrected chi connectivity index (χ1v) is 17.4. The third-order valence-electron chi connectivity index (χ3n) is 10.0. The van der Waals surface area contributed by atoms with Crippen molar-refractivity contribution in [2.75, 3.05) is 0 Å². The van der Waals surface area contributed by atoms with Gasteiger partial charge in [0.15, 0.2) is 0 Å². The summed E-state index contributed by atoms with van der Waals surface area (Å²) in [6.45, 7) is 2.29. The molecule has 4 aromatic carbocycles. The highest BCUT2D eigenvalue weighted by Gasteiger charge is 2.22. The fourth-order valence-corrected chi connectivity index (χ4v) is 7.66. The van der Waals surface area contributed by atoms with Crippen molar-refractivity contribution < 1.29 is 4.42 Å². The molecule has 10 rings (SSSR count). The lowest BCUT2D eigenvalue weighted by Crippen LogP contribution is -2.08. The van der Waals surface area contributed by atoms with E-state index in [9.17, 15) is 0 Å². The maximum atomic E-state index is 6.49. The van der Waals surface area contributed by atoms with Crippen LogP contribution in [0, 0.1) is 5.92 Å². The second-order valence-electron chi connectivity index (χ2n) is 13.4. The summed E-state index contributed by atoms with van der Waals surface area (Å²) in [5.41, 5.74) is 14.5. The number of para-hydroxylation sites is 1. The third kappa shape index (κ3) is 4.97. The van der Waals surface area contributed by atoms with Crippen molar-refractivity contribution in [3.8, 4) is 50.7 Å². The Morgan fingerprint density at radius 2 is 1.31 bits per heavy atom. The molecule has 1 atom stereocenters. The van der Waals surface area contributed by atoms with Crippen LogP contribution in [0.5, 0.6) is 0 Å². The van der Waals surface area contributed by atoms with E-state index in [1.54, 1.807) is 12.4 Å². The molecule has 1 aliphatic rings. The molecule has 9 aromatic rings. The fraction of sp³-hybridized carbons (Fsp3) is 0.0652. The van der Waals surface area contributed by atoms with Crippen molar-refractivity contribution in [1.29, 1.82) is 0 Å². The fourth-order valence-electron chi connectivity index (χ4n) is 7.66. The van der Waals surface area contributed by atoms with Crippen molar-refractivity contribution >= 4 is 38.9 Å². The van der Waals surface area contributed by atoms with Crippen LogP contribution in [0.1, 0.15) is 18.2 Å². The molecule has 0 N–H and O–H groups in total. The van der Waals surface area contributed by atoms with E-state index in [0.29, 0.717) is 5.92 Å². The van der Waals surface area contributed by atoms with Gasteiger partial charge >= 0.3 is 0 Å². The number of furan rings is 1. The summed E-state index contributed by atoms with van der Waals surface area (Å²) in [6.07, 6.45) is 9.28. The minimum atomic E-state index is 0.496. The molecule has 0 aliphatic heterocycles. The molecule has 51 heavy (non-hydrogen) atoms. The average molecular weight is 657 g/mol. The van der Waals surface area contributed by atoms with Gasteiger partial charge in [0, 0.05) is 45.5 Å². The molecule has 5 heterocycles. The van der Waals surface area contributed by atoms with Gasteiger partial charge in [0.2, 0.25) is 0 Å². The molecule has 5 aromatic heterocycles. The Hall–Kier alpha value is -6.59. The summed E-state index contributed by atoms with van der Waals surface area (Å²) < 4.78 is 8.93. The average Bonchev–Trinajstić information content (AvgIpc) is 3.73. The Labute approximate surface area is 295 Å². The summed E-state index contributed by atoms with van der Waals surface area (Å²) in [5.74, 6) is 0.496. The zero-order chi connectivity index (χ0) is 33.9. The Bertz CT molecular complexity index is 2720. The molecular weight excluding hydrogens is 625 g/mol. The van der Waals surface area contributed by atoms with Crippen LogP contribution in [0.2, 0.25) is 0 Å². The monoisotopic (exact) mass is 656 g/mol. The van der Waals surface area contributed by atoms with Gasteiger partial charge in [0.1, 0.15) is 11.2 Å². The number of rotatable bonds is 5. The number of nitrogens with zero attached hydrogens (tertiary/aromatic N) is 4. The Morgan fingerprint density at radius 3 is 2.04 bits per heavy atom. The summed E-state index contributed by atoms with van der Waals surface area (Å²) in [6, 6.07) is 46.5. The number of benzene rings is 4. The summed E-state index contributed by atoms with van der Waals surface area (Å²) in [5, 5.41) is 3.42. The van der Waals surface area contributed by atoms with Crippen molar-refractivity contribution in [2.45, 2.75) is 13.3 Å². The predicted molar refractivity (Wildman–Crippen MR) is 208 cm³/mol. The molecule has 5 heteroatoms. The highest BCUT2D eigenvalue weighted by Crippen LogP contribution is 2.42. The topological polar surface area (TPSA) is 56.7 Å². The highest BCUT2D eigenvalue weighted by atomic mass is 16.3. The van der Waals surface area contributed by atoms with Gasteiger partial charge in [-0.3, -0.25) is 9.97 Å². The van der Waals surface area contributed by atoms with Gasteiger partial charge in [-0.15, -0.1) is 0 Å². The van der Waals surface area contributed by atoms with Crippen LogP contribution in [0.4, 0.5) is 0 Å². The molecule has 1 unspecified atom stereocenters. The number of aromatic nitrogens is 4. The van der Waals surface area contributed by atoms with Gasteiger partial charge in [-0.05, 0) is 113 Å². The maximum absolute atomic E-state index is 6.49.